The number of primary amides is 1. The molecule has 0 saturated carbocycles. The number of likely N-dealkylation sites (tertiary alicyclic amines) is 1. The number of carbonyl (C=O) groups excluding carboxylic acids is 2. The van der Waals surface area contributed by atoms with Gasteiger partial charge in [-0.1, -0.05) is 30.3 Å². The smallest absolute Gasteiger partial charge is 0.248 e. The summed E-state index contributed by atoms with van der Waals surface area (Å²) in [5.74, 6) is 0.274. The van der Waals surface area contributed by atoms with E-state index >= 15 is 0 Å². The highest BCUT2D eigenvalue weighted by atomic mass is 16.5. The predicted octanol–water partition coefficient (Wildman–Crippen LogP) is 3.43. The predicted molar refractivity (Wildman–Crippen MR) is 119 cm³/mol. The molecule has 1 heterocycles. The lowest BCUT2D eigenvalue weighted by Gasteiger charge is -2.31. The molecule has 1 atom stereocenters. The number of amides is 2. The van der Waals surface area contributed by atoms with Gasteiger partial charge in [0, 0.05) is 30.4 Å². The molecule has 1 aliphatic heterocycles. The van der Waals surface area contributed by atoms with Gasteiger partial charge < -0.3 is 15.8 Å². The zero-order valence-corrected chi connectivity index (χ0v) is 17.6. The summed E-state index contributed by atoms with van der Waals surface area (Å²) in [6.07, 6.45) is 3.43. The van der Waals surface area contributed by atoms with E-state index in [0.717, 1.165) is 54.1 Å². The third-order valence-electron chi connectivity index (χ3n) is 5.41. The van der Waals surface area contributed by atoms with Crippen LogP contribution in [0.1, 0.15) is 30.9 Å². The first kappa shape index (κ1) is 21.6. The van der Waals surface area contributed by atoms with Crippen LogP contribution in [0.15, 0.2) is 54.6 Å². The summed E-state index contributed by atoms with van der Waals surface area (Å²) in [6.45, 7) is 4.33. The molecule has 1 fully saturated rings. The molecule has 0 spiro atoms. The lowest BCUT2D eigenvalue weighted by atomic mass is 9.97. The molecule has 6 heteroatoms. The molecule has 2 aromatic rings. The number of para-hydroxylation sites is 1. The van der Waals surface area contributed by atoms with Crippen molar-refractivity contribution in [3.05, 3.63) is 65.7 Å². The van der Waals surface area contributed by atoms with E-state index in [2.05, 4.69) is 10.2 Å². The van der Waals surface area contributed by atoms with Crippen molar-refractivity contribution in [3.8, 4) is 5.75 Å². The number of rotatable bonds is 7. The fourth-order valence-corrected chi connectivity index (χ4v) is 3.81. The molecule has 30 heavy (non-hydrogen) atoms. The Bertz CT molecular complexity index is 922. The number of nitrogens with one attached hydrogen (secondary N) is 1. The Hall–Kier alpha value is -3.12. The Morgan fingerprint density at radius 3 is 2.63 bits per heavy atom. The molecule has 0 radical (unpaired) electrons. The Labute approximate surface area is 177 Å². The summed E-state index contributed by atoms with van der Waals surface area (Å²) in [7, 11) is 1.62. The monoisotopic (exact) mass is 407 g/mol. The van der Waals surface area contributed by atoms with Crippen molar-refractivity contribution in [1.82, 2.24) is 4.90 Å². The fourth-order valence-electron chi connectivity index (χ4n) is 3.81. The highest BCUT2D eigenvalue weighted by Gasteiger charge is 2.23. The van der Waals surface area contributed by atoms with E-state index in [0.29, 0.717) is 6.54 Å². The largest absolute Gasteiger partial charge is 0.496 e. The van der Waals surface area contributed by atoms with Crippen LogP contribution >= 0.6 is 0 Å². The molecule has 0 aliphatic carbocycles. The quantitative estimate of drug-likeness (QED) is 0.689. The summed E-state index contributed by atoms with van der Waals surface area (Å²) < 4.78 is 5.36. The minimum atomic E-state index is -0.214. The normalized spacial score (nSPS) is 17.4. The summed E-state index contributed by atoms with van der Waals surface area (Å²) in [4.78, 5) is 26.1. The van der Waals surface area contributed by atoms with Crippen LogP contribution in [0, 0.1) is 5.92 Å². The summed E-state index contributed by atoms with van der Waals surface area (Å²) in [6, 6.07) is 15.4. The van der Waals surface area contributed by atoms with Gasteiger partial charge in [-0.2, -0.15) is 0 Å². The number of hydrogen-bond donors (Lipinski definition) is 2. The van der Waals surface area contributed by atoms with Crippen molar-refractivity contribution in [2.24, 2.45) is 11.7 Å². The van der Waals surface area contributed by atoms with Crippen molar-refractivity contribution < 1.29 is 14.3 Å². The van der Waals surface area contributed by atoms with Crippen molar-refractivity contribution in [2.75, 3.05) is 25.5 Å². The molecule has 0 bridgehead atoms. The summed E-state index contributed by atoms with van der Waals surface area (Å²) in [5, 5.41) is 2.90. The van der Waals surface area contributed by atoms with Crippen molar-refractivity contribution in [2.45, 2.75) is 26.3 Å². The van der Waals surface area contributed by atoms with Crippen LogP contribution in [0.5, 0.6) is 5.75 Å². The lowest BCUT2D eigenvalue weighted by Crippen LogP contribution is -2.40. The van der Waals surface area contributed by atoms with Gasteiger partial charge in [0.25, 0.3) is 0 Å². The van der Waals surface area contributed by atoms with E-state index in [9.17, 15) is 9.59 Å². The molecule has 6 nitrogen and oxygen atoms in total. The number of nitrogens with two attached hydrogens (primary N) is 1. The van der Waals surface area contributed by atoms with Crippen LogP contribution in [-0.2, 0) is 16.1 Å². The van der Waals surface area contributed by atoms with E-state index in [-0.39, 0.29) is 17.7 Å². The van der Waals surface area contributed by atoms with Crippen LogP contribution in [0.25, 0.3) is 5.57 Å². The second kappa shape index (κ2) is 10.1. The highest BCUT2D eigenvalue weighted by molar-refractivity contribution is 6.04. The minimum absolute atomic E-state index is 0.0597. The van der Waals surface area contributed by atoms with Crippen LogP contribution in [0.3, 0.4) is 0 Å². The van der Waals surface area contributed by atoms with Gasteiger partial charge in [0.2, 0.25) is 11.8 Å². The van der Waals surface area contributed by atoms with Gasteiger partial charge in [0.05, 0.1) is 13.0 Å². The first-order chi connectivity index (χ1) is 14.5. The molecule has 0 aromatic heterocycles. The molecule has 1 saturated heterocycles. The molecule has 3 N–H and O–H groups in total. The molecule has 1 unspecified atom stereocenters. The maximum absolute atomic E-state index is 12.4. The maximum atomic E-state index is 12.4. The molecular weight excluding hydrogens is 378 g/mol. The number of nitrogens with zero attached hydrogens (tertiary/aromatic N) is 1. The zero-order chi connectivity index (χ0) is 21.5. The number of allylic oxidation sites excluding steroid dienone is 1. The van der Waals surface area contributed by atoms with Gasteiger partial charge in [-0.3, -0.25) is 14.5 Å². The van der Waals surface area contributed by atoms with Gasteiger partial charge in [-0.25, -0.2) is 0 Å². The van der Waals surface area contributed by atoms with Crippen molar-refractivity contribution in [1.29, 1.82) is 0 Å². The highest BCUT2D eigenvalue weighted by Crippen LogP contribution is 2.25. The van der Waals surface area contributed by atoms with Gasteiger partial charge in [-0.15, -0.1) is 0 Å². The molecular formula is C24H29N3O3. The topological polar surface area (TPSA) is 84.7 Å². The minimum Gasteiger partial charge on any atom is -0.496 e. The zero-order valence-electron chi connectivity index (χ0n) is 17.6. The molecule has 2 amide bonds. The Morgan fingerprint density at radius 1 is 1.20 bits per heavy atom. The van der Waals surface area contributed by atoms with E-state index in [1.807, 2.05) is 55.5 Å². The number of anilines is 1. The lowest BCUT2D eigenvalue weighted by molar-refractivity contribution is -0.123. The Kier molecular flexibility index (Phi) is 7.25. The number of hydrogen-bond acceptors (Lipinski definition) is 4. The Balaban J connectivity index is 1.58. The van der Waals surface area contributed by atoms with Gasteiger partial charge in [0.1, 0.15) is 5.75 Å². The second-order valence-corrected chi connectivity index (χ2v) is 7.69. The standard InChI is InChI=1S/C24H29N3O3/c1-17(21-7-3-4-8-22(21)30-2)14-23(28)26-20-11-9-18(10-12-20)15-27-13-5-6-19(16-27)24(25)29/h3-4,7-12,14,19H,5-6,13,15-16H2,1-2H3,(H2,25,29)(H,26,28)/b17-14+. The number of piperidine rings is 1. The van der Waals surface area contributed by atoms with Crippen LogP contribution in [-0.4, -0.2) is 36.9 Å². The molecule has 3 rings (SSSR count). The first-order valence-electron chi connectivity index (χ1n) is 10.2. The number of benzene rings is 2. The summed E-state index contributed by atoms with van der Waals surface area (Å²) >= 11 is 0. The SMILES string of the molecule is COc1ccccc1/C(C)=C/C(=O)Nc1ccc(CN2CCCC(C(N)=O)C2)cc1. The molecule has 158 valence electrons. The average molecular weight is 408 g/mol. The van der Waals surface area contributed by atoms with E-state index in [4.69, 9.17) is 10.5 Å². The van der Waals surface area contributed by atoms with Crippen molar-refractivity contribution in [3.63, 3.8) is 0 Å². The van der Waals surface area contributed by atoms with Gasteiger partial charge in [0.15, 0.2) is 0 Å². The summed E-state index contributed by atoms with van der Waals surface area (Å²) in [5.41, 5.74) is 9.05. The molecule has 1 aliphatic rings. The van der Waals surface area contributed by atoms with Crippen LogP contribution in [0.2, 0.25) is 0 Å². The van der Waals surface area contributed by atoms with E-state index in [1.54, 1.807) is 13.2 Å². The third-order valence-corrected chi connectivity index (χ3v) is 5.41. The molecule has 2 aromatic carbocycles. The number of ether oxygens (including phenoxy) is 1. The van der Waals surface area contributed by atoms with Crippen molar-refractivity contribution >= 4 is 23.1 Å². The maximum Gasteiger partial charge on any atom is 0.248 e. The second-order valence-electron chi connectivity index (χ2n) is 7.69. The van der Waals surface area contributed by atoms with E-state index in [1.165, 1.54) is 0 Å². The first-order valence-corrected chi connectivity index (χ1v) is 10.2. The average Bonchev–Trinajstić information content (AvgIpc) is 2.75. The number of methoxy groups -OCH3 is 1. The third kappa shape index (κ3) is 5.70. The fraction of sp³-hybridized carbons (Fsp3) is 0.333. The Morgan fingerprint density at radius 2 is 1.93 bits per heavy atom. The van der Waals surface area contributed by atoms with Crippen LogP contribution < -0.4 is 15.8 Å². The number of carbonyl (C=O) groups is 2. The van der Waals surface area contributed by atoms with Gasteiger partial charge in [-0.05, 0) is 55.6 Å². The van der Waals surface area contributed by atoms with E-state index < -0.39 is 0 Å². The van der Waals surface area contributed by atoms with Crippen LogP contribution in [0.4, 0.5) is 5.69 Å². The van der Waals surface area contributed by atoms with Gasteiger partial charge >= 0.3 is 0 Å².